The number of carbonyl (C=O) groups is 1. The Balaban J connectivity index is 1.88. The Morgan fingerprint density at radius 2 is 1.81 bits per heavy atom. The van der Waals surface area contributed by atoms with Crippen LogP contribution in [0.1, 0.15) is 43.0 Å². The molecule has 0 aromatic heterocycles. The van der Waals surface area contributed by atoms with Crippen molar-refractivity contribution in [3.63, 3.8) is 0 Å². The molecular weight excluding hydrogens is 268 g/mol. The highest BCUT2D eigenvalue weighted by molar-refractivity contribution is 5.99. The number of nitro benzene ring substituents is 1. The third-order valence-electron chi connectivity index (χ3n) is 4.27. The van der Waals surface area contributed by atoms with E-state index in [-0.39, 0.29) is 17.0 Å². The van der Waals surface area contributed by atoms with Gasteiger partial charge in [-0.25, -0.2) is 0 Å². The second-order valence-electron chi connectivity index (χ2n) is 6.31. The van der Waals surface area contributed by atoms with E-state index in [1.807, 2.05) is 0 Å². The number of hydrogen-bond acceptors (Lipinski definition) is 4. The van der Waals surface area contributed by atoms with Crippen LogP contribution in [-0.2, 0) is 0 Å². The highest BCUT2D eigenvalue weighted by atomic mass is 16.6. The zero-order valence-electron chi connectivity index (χ0n) is 12.2. The number of Topliss-reactive ketones (excluding diaryl/α,β-unsaturated/α-hetero) is 1. The summed E-state index contributed by atoms with van der Waals surface area (Å²) in [6.45, 7) is 3.40. The van der Waals surface area contributed by atoms with Gasteiger partial charge in [0.05, 0.1) is 10.5 Å². The third-order valence-corrected chi connectivity index (χ3v) is 4.27. The zero-order valence-corrected chi connectivity index (χ0v) is 12.2. The molecule has 0 atom stereocenters. The smallest absolute Gasteiger partial charge is 0.280 e. The van der Waals surface area contributed by atoms with Crippen molar-refractivity contribution >= 4 is 17.2 Å². The molecule has 5 nitrogen and oxygen atoms in total. The van der Waals surface area contributed by atoms with Crippen LogP contribution in [0.3, 0.4) is 0 Å². The fourth-order valence-corrected chi connectivity index (χ4v) is 2.67. The summed E-state index contributed by atoms with van der Waals surface area (Å²) in [7, 11) is 0. The summed E-state index contributed by atoms with van der Waals surface area (Å²) in [5, 5.41) is 11.0. The Morgan fingerprint density at radius 3 is 2.24 bits per heavy atom. The van der Waals surface area contributed by atoms with Gasteiger partial charge in [-0.3, -0.25) is 14.9 Å². The van der Waals surface area contributed by atoms with Crippen LogP contribution in [-0.4, -0.2) is 23.8 Å². The molecule has 0 unspecified atom stereocenters. The lowest BCUT2D eigenvalue weighted by Gasteiger charge is -2.25. The number of nitro groups is 1. The topological polar surface area (TPSA) is 63.5 Å². The van der Waals surface area contributed by atoms with Crippen molar-refractivity contribution in [3.05, 3.63) is 33.9 Å². The van der Waals surface area contributed by atoms with Crippen LogP contribution in [0.5, 0.6) is 0 Å². The second kappa shape index (κ2) is 5.47. The Labute approximate surface area is 124 Å². The summed E-state index contributed by atoms with van der Waals surface area (Å²) >= 11 is 0. The van der Waals surface area contributed by atoms with Crippen LogP contribution in [0.15, 0.2) is 18.2 Å². The van der Waals surface area contributed by atoms with Crippen molar-refractivity contribution in [1.29, 1.82) is 0 Å². The van der Waals surface area contributed by atoms with Crippen molar-refractivity contribution in [2.24, 2.45) is 11.8 Å². The van der Waals surface area contributed by atoms with Gasteiger partial charge in [0, 0.05) is 24.8 Å². The van der Waals surface area contributed by atoms with Gasteiger partial charge in [-0.2, -0.15) is 0 Å². The molecule has 0 saturated heterocycles. The Hall–Kier alpha value is -1.91. The minimum absolute atomic E-state index is 0.0935. The molecule has 21 heavy (non-hydrogen) atoms. The number of benzene rings is 1. The van der Waals surface area contributed by atoms with E-state index in [0.29, 0.717) is 0 Å². The van der Waals surface area contributed by atoms with Crippen molar-refractivity contribution in [1.82, 2.24) is 0 Å². The quantitative estimate of drug-likeness (QED) is 0.438. The molecule has 0 heterocycles. The summed E-state index contributed by atoms with van der Waals surface area (Å²) in [4.78, 5) is 24.5. The van der Waals surface area contributed by atoms with Gasteiger partial charge < -0.3 is 4.90 Å². The van der Waals surface area contributed by atoms with E-state index in [1.54, 1.807) is 12.1 Å². The van der Waals surface area contributed by atoms with Crippen LogP contribution >= 0.6 is 0 Å². The molecule has 5 heteroatoms. The largest absolute Gasteiger partial charge is 0.371 e. The molecule has 0 aliphatic heterocycles. The lowest BCUT2D eigenvalue weighted by Crippen LogP contribution is -2.28. The number of ketones is 1. The highest BCUT2D eigenvalue weighted by Crippen LogP contribution is 2.36. The molecule has 0 amide bonds. The molecule has 2 aliphatic carbocycles. The van der Waals surface area contributed by atoms with Crippen LogP contribution < -0.4 is 4.90 Å². The van der Waals surface area contributed by atoms with Crippen molar-refractivity contribution in [3.8, 4) is 0 Å². The molecule has 2 saturated carbocycles. The van der Waals surface area contributed by atoms with Gasteiger partial charge in [0.15, 0.2) is 5.78 Å². The first-order valence-electron chi connectivity index (χ1n) is 7.59. The molecule has 0 radical (unpaired) electrons. The van der Waals surface area contributed by atoms with Gasteiger partial charge in [-0.15, -0.1) is 0 Å². The summed E-state index contributed by atoms with van der Waals surface area (Å²) in [6, 6.07) is 4.96. The fourth-order valence-electron chi connectivity index (χ4n) is 2.67. The maximum Gasteiger partial charge on any atom is 0.280 e. The van der Waals surface area contributed by atoms with Gasteiger partial charge in [0.1, 0.15) is 0 Å². The lowest BCUT2D eigenvalue weighted by molar-refractivity contribution is -0.385. The Bertz CT molecular complexity index is 563. The minimum atomic E-state index is -0.480. The van der Waals surface area contributed by atoms with Crippen LogP contribution in [0.4, 0.5) is 11.4 Å². The standard InChI is InChI=1S/C16H20N2O3/c1-11(19)15-8-14(6-7-16(15)18(20)21)17(9-12-2-3-12)10-13-4-5-13/h6-8,12-13H,2-5,9-10H2,1H3. The Morgan fingerprint density at radius 1 is 1.24 bits per heavy atom. The van der Waals surface area contributed by atoms with E-state index in [2.05, 4.69) is 4.90 Å². The third kappa shape index (κ3) is 3.40. The first-order chi connectivity index (χ1) is 10.0. The van der Waals surface area contributed by atoms with E-state index < -0.39 is 4.92 Å². The van der Waals surface area contributed by atoms with E-state index >= 15 is 0 Å². The van der Waals surface area contributed by atoms with Gasteiger partial charge >= 0.3 is 0 Å². The van der Waals surface area contributed by atoms with Crippen LogP contribution in [0, 0.1) is 22.0 Å². The molecule has 2 fully saturated rings. The normalized spacial score (nSPS) is 17.6. The average molecular weight is 288 g/mol. The number of carbonyl (C=O) groups excluding carboxylic acids is 1. The van der Waals surface area contributed by atoms with E-state index in [4.69, 9.17) is 0 Å². The fraction of sp³-hybridized carbons (Fsp3) is 0.562. The van der Waals surface area contributed by atoms with Gasteiger partial charge in [-0.05, 0) is 56.6 Å². The molecule has 3 rings (SSSR count). The monoisotopic (exact) mass is 288 g/mol. The van der Waals surface area contributed by atoms with Crippen molar-refractivity contribution in [2.75, 3.05) is 18.0 Å². The van der Waals surface area contributed by atoms with Crippen LogP contribution in [0.2, 0.25) is 0 Å². The number of hydrogen-bond donors (Lipinski definition) is 0. The molecule has 112 valence electrons. The first kappa shape index (κ1) is 14.0. The number of nitrogens with zero attached hydrogens (tertiary/aromatic N) is 2. The van der Waals surface area contributed by atoms with E-state index in [1.165, 1.54) is 38.7 Å². The maximum atomic E-state index is 11.7. The summed E-state index contributed by atoms with van der Waals surface area (Å²) in [5.74, 6) is 1.25. The summed E-state index contributed by atoms with van der Waals surface area (Å²) < 4.78 is 0. The van der Waals surface area contributed by atoms with Gasteiger partial charge in [0.25, 0.3) is 5.69 Å². The molecule has 1 aromatic carbocycles. The predicted octanol–water partition coefficient (Wildman–Crippen LogP) is 3.42. The molecule has 0 spiro atoms. The SMILES string of the molecule is CC(=O)c1cc(N(CC2CC2)CC2CC2)ccc1[N+](=O)[O-]. The molecule has 0 bridgehead atoms. The minimum Gasteiger partial charge on any atom is -0.371 e. The van der Waals surface area contributed by atoms with Crippen molar-refractivity contribution in [2.45, 2.75) is 32.6 Å². The van der Waals surface area contributed by atoms with Crippen molar-refractivity contribution < 1.29 is 9.72 Å². The zero-order chi connectivity index (χ0) is 15.0. The molecular formula is C16H20N2O3. The summed E-state index contributed by atoms with van der Waals surface area (Å²) in [6.07, 6.45) is 5.09. The maximum absolute atomic E-state index is 11.7. The molecule has 1 aromatic rings. The highest BCUT2D eigenvalue weighted by Gasteiger charge is 2.30. The molecule has 2 aliphatic rings. The Kier molecular flexibility index (Phi) is 3.66. The number of rotatable bonds is 7. The second-order valence-corrected chi connectivity index (χ2v) is 6.31. The first-order valence-corrected chi connectivity index (χ1v) is 7.59. The van der Waals surface area contributed by atoms with E-state index in [9.17, 15) is 14.9 Å². The van der Waals surface area contributed by atoms with Gasteiger partial charge in [-0.1, -0.05) is 0 Å². The summed E-state index contributed by atoms with van der Waals surface area (Å²) in [5.41, 5.74) is 1.07. The van der Waals surface area contributed by atoms with Gasteiger partial charge in [0.2, 0.25) is 0 Å². The average Bonchev–Trinajstić information content (AvgIpc) is 3.32. The van der Waals surface area contributed by atoms with E-state index in [0.717, 1.165) is 30.6 Å². The van der Waals surface area contributed by atoms with Crippen LogP contribution in [0.25, 0.3) is 0 Å². The molecule has 0 N–H and O–H groups in total. The number of anilines is 1. The lowest BCUT2D eigenvalue weighted by atomic mass is 10.1. The predicted molar refractivity (Wildman–Crippen MR) is 80.8 cm³/mol.